The number of aliphatic hydroxyl groups is 1. The summed E-state index contributed by atoms with van der Waals surface area (Å²) in [6, 6.07) is 9.47. The Kier molecular flexibility index (Phi) is 5.17. The van der Waals surface area contributed by atoms with E-state index in [1.54, 1.807) is 13.8 Å². The first kappa shape index (κ1) is 19.7. The monoisotopic (exact) mass is 395 g/mol. The number of rotatable bonds is 7. The highest BCUT2D eigenvalue weighted by Crippen LogP contribution is 2.47. The number of aliphatic hydroxyl groups excluding tert-OH is 1. The molecule has 0 aromatic heterocycles. The zero-order valence-electron chi connectivity index (χ0n) is 16.1. The molecule has 3 saturated heterocycles. The van der Waals surface area contributed by atoms with Crippen LogP contribution in [-0.2, 0) is 39.9 Å². The number of hydroxylamine groups is 2. The number of nitrogens with zero attached hydrogens (tertiary/aromatic N) is 1. The molecule has 28 heavy (non-hydrogen) atoms. The van der Waals surface area contributed by atoms with E-state index in [1.165, 1.54) is 12.2 Å². The maximum absolute atomic E-state index is 12.9. The van der Waals surface area contributed by atoms with Gasteiger partial charge < -0.3 is 28.8 Å². The number of carbonyl (C=O) groups excluding carboxylic acids is 1. The van der Waals surface area contributed by atoms with Crippen molar-refractivity contribution in [3.8, 4) is 0 Å². The summed E-state index contributed by atoms with van der Waals surface area (Å²) < 4.78 is 28.4. The number of benzene rings is 1. The highest BCUT2D eigenvalue weighted by molar-refractivity contribution is 5.85. The number of carbonyl (C=O) groups is 1. The van der Waals surface area contributed by atoms with E-state index in [9.17, 15) is 9.90 Å². The first-order chi connectivity index (χ1) is 13.4. The van der Waals surface area contributed by atoms with Gasteiger partial charge in [0, 0.05) is 7.11 Å². The van der Waals surface area contributed by atoms with Gasteiger partial charge in [0.2, 0.25) is 0 Å². The van der Waals surface area contributed by atoms with E-state index in [0.717, 1.165) is 5.56 Å². The van der Waals surface area contributed by atoms with Gasteiger partial charge in [-0.1, -0.05) is 30.3 Å². The van der Waals surface area contributed by atoms with Gasteiger partial charge in [0.15, 0.2) is 29.8 Å². The lowest BCUT2D eigenvalue weighted by Crippen LogP contribution is -2.62. The molecule has 3 fully saturated rings. The third-order valence-electron chi connectivity index (χ3n) is 5.22. The average Bonchev–Trinajstić information content (AvgIpc) is 3.24. The van der Waals surface area contributed by atoms with Crippen molar-refractivity contribution in [3.63, 3.8) is 0 Å². The molecule has 154 valence electrons. The summed E-state index contributed by atoms with van der Waals surface area (Å²) >= 11 is 0. The molecule has 3 aliphatic rings. The zero-order chi connectivity index (χ0) is 19.9. The maximum atomic E-state index is 12.9. The molecule has 0 saturated carbocycles. The Balaban J connectivity index is 1.58. The molecule has 0 amide bonds. The molecule has 1 N–H and O–H groups in total. The lowest BCUT2D eigenvalue weighted by Gasteiger charge is -2.38. The van der Waals surface area contributed by atoms with Crippen LogP contribution in [0.5, 0.6) is 0 Å². The maximum Gasteiger partial charge on any atom is 0.334 e. The van der Waals surface area contributed by atoms with Crippen molar-refractivity contribution in [1.82, 2.24) is 5.06 Å². The summed E-state index contributed by atoms with van der Waals surface area (Å²) in [6.07, 6.45) is -2.81. The molecule has 9 heteroatoms. The summed E-state index contributed by atoms with van der Waals surface area (Å²) in [7, 11) is 1.47. The van der Waals surface area contributed by atoms with E-state index >= 15 is 0 Å². The minimum Gasteiger partial charge on any atom is -0.455 e. The molecule has 0 unspecified atom stereocenters. The van der Waals surface area contributed by atoms with E-state index in [1.807, 2.05) is 30.3 Å². The second kappa shape index (κ2) is 7.34. The lowest BCUT2D eigenvalue weighted by molar-refractivity contribution is -0.293. The van der Waals surface area contributed by atoms with Gasteiger partial charge in [-0.25, -0.2) is 4.79 Å². The van der Waals surface area contributed by atoms with Crippen molar-refractivity contribution in [2.75, 3.05) is 20.4 Å². The molecule has 0 radical (unpaired) electrons. The molecule has 3 aliphatic heterocycles. The van der Waals surface area contributed by atoms with Crippen molar-refractivity contribution in [2.45, 2.75) is 56.4 Å². The largest absolute Gasteiger partial charge is 0.455 e. The van der Waals surface area contributed by atoms with E-state index in [0.29, 0.717) is 0 Å². The van der Waals surface area contributed by atoms with Crippen molar-refractivity contribution < 1.29 is 38.4 Å². The minimum atomic E-state index is -1.59. The molecule has 0 bridgehead atoms. The highest BCUT2D eigenvalue weighted by Gasteiger charge is 2.71. The Morgan fingerprint density at radius 1 is 1.18 bits per heavy atom. The molecule has 4 rings (SSSR count). The topological polar surface area (TPSA) is 95.9 Å². The van der Waals surface area contributed by atoms with Crippen LogP contribution in [0.4, 0.5) is 0 Å². The van der Waals surface area contributed by atoms with Gasteiger partial charge in [0.1, 0.15) is 12.8 Å². The number of hydrogen-bond acceptors (Lipinski definition) is 9. The Hall–Kier alpha value is -1.59. The van der Waals surface area contributed by atoms with Gasteiger partial charge in [0.05, 0.1) is 13.2 Å². The number of methoxy groups -OCH3 is 1. The van der Waals surface area contributed by atoms with Crippen LogP contribution < -0.4 is 0 Å². The summed E-state index contributed by atoms with van der Waals surface area (Å²) in [5.41, 5.74) is -0.686. The van der Waals surface area contributed by atoms with Crippen molar-refractivity contribution in [1.29, 1.82) is 0 Å². The minimum absolute atomic E-state index is 0.0718. The first-order valence-electron chi connectivity index (χ1n) is 9.18. The van der Waals surface area contributed by atoms with E-state index in [-0.39, 0.29) is 13.3 Å². The van der Waals surface area contributed by atoms with Crippen LogP contribution in [0, 0.1) is 0 Å². The average molecular weight is 395 g/mol. The molecular weight excluding hydrogens is 370 g/mol. The van der Waals surface area contributed by atoms with Crippen molar-refractivity contribution in [3.05, 3.63) is 35.9 Å². The highest BCUT2D eigenvalue weighted by atomic mass is 16.8. The summed E-state index contributed by atoms with van der Waals surface area (Å²) in [4.78, 5) is 18.8. The van der Waals surface area contributed by atoms with E-state index in [2.05, 4.69) is 0 Å². The normalized spacial score (nSPS) is 35.8. The Morgan fingerprint density at radius 2 is 1.93 bits per heavy atom. The molecule has 9 nitrogen and oxygen atoms in total. The van der Waals surface area contributed by atoms with Gasteiger partial charge in [-0.3, -0.25) is 4.84 Å². The lowest BCUT2D eigenvalue weighted by atomic mass is 9.92. The number of hydrogen-bond donors (Lipinski definition) is 1. The predicted octanol–water partition coefficient (Wildman–Crippen LogP) is 0.557. The third-order valence-corrected chi connectivity index (χ3v) is 5.22. The van der Waals surface area contributed by atoms with Crippen LogP contribution >= 0.6 is 0 Å². The molecule has 5 atom stereocenters. The van der Waals surface area contributed by atoms with Gasteiger partial charge in [0.25, 0.3) is 0 Å². The Morgan fingerprint density at radius 3 is 2.61 bits per heavy atom. The van der Waals surface area contributed by atoms with E-state index in [4.69, 9.17) is 28.5 Å². The van der Waals surface area contributed by atoms with Gasteiger partial charge in [-0.15, -0.1) is 5.06 Å². The smallest absolute Gasteiger partial charge is 0.334 e. The van der Waals surface area contributed by atoms with Crippen LogP contribution in [-0.4, -0.2) is 72.5 Å². The first-order valence-corrected chi connectivity index (χ1v) is 9.18. The standard InChI is InChI=1S/C19H25NO8/c1-18(2)27-14-13-15(26-16(14)28-18)19(10-21,17(22)25-13)20(11-23-3)24-9-12-7-5-4-6-8-12/h4-8,13-16,21H,9-11H2,1-3H3/t13-,14-,15+,16-,19+/m1/s1. The van der Waals surface area contributed by atoms with Crippen LogP contribution in [0.15, 0.2) is 30.3 Å². The summed E-state index contributed by atoms with van der Waals surface area (Å²) in [5.74, 6) is -1.49. The van der Waals surface area contributed by atoms with E-state index < -0.39 is 48.5 Å². The number of ether oxygens (including phenoxy) is 5. The quantitative estimate of drug-likeness (QED) is 0.403. The fourth-order valence-electron chi connectivity index (χ4n) is 3.92. The molecule has 0 aliphatic carbocycles. The number of fused-ring (bicyclic) bond motifs is 3. The van der Waals surface area contributed by atoms with Crippen LogP contribution in [0.2, 0.25) is 0 Å². The van der Waals surface area contributed by atoms with Gasteiger partial charge in [-0.05, 0) is 19.4 Å². The Bertz CT molecular complexity index is 713. The second-order valence-corrected chi connectivity index (χ2v) is 7.53. The zero-order valence-corrected chi connectivity index (χ0v) is 16.1. The van der Waals surface area contributed by atoms with Crippen molar-refractivity contribution in [2.24, 2.45) is 0 Å². The van der Waals surface area contributed by atoms with Crippen LogP contribution in [0.25, 0.3) is 0 Å². The predicted molar refractivity (Wildman–Crippen MR) is 93.3 cm³/mol. The van der Waals surface area contributed by atoms with Crippen molar-refractivity contribution >= 4 is 5.97 Å². The molecule has 1 aromatic carbocycles. The fourth-order valence-corrected chi connectivity index (χ4v) is 3.92. The van der Waals surface area contributed by atoms with Gasteiger partial charge in [-0.2, -0.15) is 0 Å². The SMILES string of the molecule is COCN(OCc1ccccc1)[C@]1(CO)C(=O)O[C@@H]2[C@H]3OC(C)(C)O[C@H]3O[C@@H]21. The third kappa shape index (κ3) is 3.13. The second-order valence-electron chi connectivity index (χ2n) is 7.53. The fraction of sp³-hybridized carbons (Fsp3) is 0.632. The Labute approximate surface area is 163 Å². The molecular formula is C19H25NO8. The van der Waals surface area contributed by atoms with Crippen LogP contribution in [0.3, 0.4) is 0 Å². The summed E-state index contributed by atoms with van der Waals surface area (Å²) in [6.45, 7) is 3.06. The number of esters is 1. The molecule has 1 aromatic rings. The summed E-state index contributed by atoms with van der Waals surface area (Å²) in [5, 5.41) is 11.5. The van der Waals surface area contributed by atoms with Gasteiger partial charge >= 0.3 is 5.97 Å². The molecule has 0 spiro atoms. The van der Waals surface area contributed by atoms with Crippen LogP contribution in [0.1, 0.15) is 19.4 Å². The molecule has 3 heterocycles.